The normalized spacial score (nSPS) is 11.4. The number of hydrogen-bond donors (Lipinski definition) is 2. The van der Waals surface area contributed by atoms with Gasteiger partial charge in [-0.25, -0.2) is 5.43 Å². The molecular formula is C26H25N5O2S. The number of aromatic hydroxyl groups is 1. The number of hydrazone groups is 1. The number of carbonyl (C=O) groups excluding carboxylic acids is 1. The minimum atomic E-state index is -0.241. The number of aryl methyl sites for hydroxylation is 1. The highest BCUT2D eigenvalue weighted by molar-refractivity contribution is 7.99. The summed E-state index contributed by atoms with van der Waals surface area (Å²) in [6, 6.07) is 24.7. The number of phenols is 1. The van der Waals surface area contributed by atoms with Crippen LogP contribution in [0.5, 0.6) is 5.75 Å². The SMILES string of the molecule is CCC(=NNC(=O)CSc1nnc(-c2ccc(C)cc2)n1-c1ccccc1)c1ccc(O)cc1. The Morgan fingerprint density at radius 3 is 2.38 bits per heavy atom. The fraction of sp³-hybridized carbons (Fsp3) is 0.154. The molecule has 3 aromatic carbocycles. The van der Waals surface area contributed by atoms with Gasteiger partial charge < -0.3 is 5.11 Å². The lowest BCUT2D eigenvalue weighted by atomic mass is 10.1. The molecule has 0 unspecified atom stereocenters. The van der Waals surface area contributed by atoms with Crippen molar-refractivity contribution in [3.05, 3.63) is 90.0 Å². The van der Waals surface area contributed by atoms with Crippen LogP contribution >= 0.6 is 11.8 Å². The first-order chi connectivity index (χ1) is 16.5. The van der Waals surface area contributed by atoms with Gasteiger partial charge in [-0.2, -0.15) is 5.10 Å². The van der Waals surface area contributed by atoms with Crippen molar-refractivity contribution in [3.8, 4) is 22.8 Å². The minimum absolute atomic E-state index is 0.134. The lowest BCUT2D eigenvalue weighted by Gasteiger charge is -2.10. The number of aromatic nitrogens is 3. The van der Waals surface area contributed by atoms with Gasteiger partial charge in [0.05, 0.1) is 11.5 Å². The lowest BCUT2D eigenvalue weighted by Crippen LogP contribution is -2.22. The van der Waals surface area contributed by atoms with Crippen molar-refractivity contribution in [2.75, 3.05) is 5.75 Å². The zero-order valence-electron chi connectivity index (χ0n) is 19.0. The molecule has 0 aliphatic rings. The van der Waals surface area contributed by atoms with Crippen LogP contribution < -0.4 is 5.43 Å². The number of nitrogens with zero attached hydrogens (tertiary/aromatic N) is 4. The third-order valence-electron chi connectivity index (χ3n) is 5.14. The molecule has 1 aromatic heterocycles. The molecule has 0 aliphatic heterocycles. The van der Waals surface area contributed by atoms with Crippen LogP contribution in [0.2, 0.25) is 0 Å². The van der Waals surface area contributed by atoms with Gasteiger partial charge in [0.15, 0.2) is 11.0 Å². The van der Waals surface area contributed by atoms with Crippen molar-refractivity contribution < 1.29 is 9.90 Å². The van der Waals surface area contributed by atoms with Crippen LogP contribution in [0.3, 0.4) is 0 Å². The van der Waals surface area contributed by atoms with E-state index in [0.717, 1.165) is 22.5 Å². The van der Waals surface area contributed by atoms with Gasteiger partial charge in [-0.1, -0.05) is 66.7 Å². The van der Waals surface area contributed by atoms with Crippen LogP contribution in [0.25, 0.3) is 17.1 Å². The Morgan fingerprint density at radius 1 is 1.00 bits per heavy atom. The summed E-state index contributed by atoms with van der Waals surface area (Å²) in [6.07, 6.45) is 0.639. The number of carbonyl (C=O) groups is 1. The van der Waals surface area contributed by atoms with Crippen molar-refractivity contribution in [1.82, 2.24) is 20.2 Å². The molecule has 7 nitrogen and oxygen atoms in total. The van der Waals surface area contributed by atoms with Crippen molar-refractivity contribution >= 4 is 23.4 Å². The lowest BCUT2D eigenvalue weighted by molar-refractivity contribution is -0.118. The van der Waals surface area contributed by atoms with Crippen molar-refractivity contribution in [1.29, 1.82) is 0 Å². The van der Waals surface area contributed by atoms with E-state index >= 15 is 0 Å². The van der Waals surface area contributed by atoms with Crippen LogP contribution in [-0.4, -0.2) is 37.2 Å². The molecule has 4 rings (SSSR count). The van der Waals surface area contributed by atoms with E-state index in [9.17, 15) is 9.90 Å². The monoisotopic (exact) mass is 471 g/mol. The van der Waals surface area contributed by atoms with Gasteiger partial charge in [0.2, 0.25) is 0 Å². The summed E-state index contributed by atoms with van der Waals surface area (Å²) in [6.45, 7) is 4.00. The summed E-state index contributed by atoms with van der Waals surface area (Å²) < 4.78 is 1.96. The van der Waals surface area contributed by atoms with Crippen molar-refractivity contribution in [2.24, 2.45) is 5.10 Å². The quantitative estimate of drug-likeness (QED) is 0.215. The first kappa shape index (κ1) is 23.3. The smallest absolute Gasteiger partial charge is 0.250 e. The topological polar surface area (TPSA) is 92.4 Å². The Hall–Kier alpha value is -3.91. The Morgan fingerprint density at radius 2 is 1.71 bits per heavy atom. The molecule has 34 heavy (non-hydrogen) atoms. The van der Waals surface area contributed by atoms with Gasteiger partial charge >= 0.3 is 0 Å². The molecule has 0 spiro atoms. The Bertz CT molecular complexity index is 1280. The molecule has 0 radical (unpaired) electrons. The fourth-order valence-electron chi connectivity index (χ4n) is 3.36. The van der Waals surface area contributed by atoms with Crippen molar-refractivity contribution in [2.45, 2.75) is 25.4 Å². The number of hydrogen-bond acceptors (Lipinski definition) is 6. The maximum atomic E-state index is 12.5. The maximum absolute atomic E-state index is 12.5. The largest absolute Gasteiger partial charge is 0.508 e. The van der Waals surface area contributed by atoms with E-state index in [0.29, 0.717) is 17.4 Å². The van der Waals surface area contributed by atoms with E-state index in [1.807, 2.05) is 73.0 Å². The summed E-state index contributed by atoms with van der Waals surface area (Å²) in [7, 11) is 0. The van der Waals surface area contributed by atoms with E-state index in [2.05, 4.69) is 20.7 Å². The van der Waals surface area contributed by atoms with Crippen molar-refractivity contribution in [3.63, 3.8) is 0 Å². The highest BCUT2D eigenvalue weighted by atomic mass is 32.2. The van der Waals surface area contributed by atoms with Gasteiger partial charge in [0, 0.05) is 11.3 Å². The molecule has 4 aromatic rings. The predicted octanol–water partition coefficient (Wildman–Crippen LogP) is 4.97. The number of para-hydroxylation sites is 1. The third kappa shape index (κ3) is 5.52. The molecule has 0 saturated carbocycles. The Balaban J connectivity index is 1.52. The van der Waals surface area contributed by atoms with Crippen LogP contribution in [0, 0.1) is 6.92 Å². The summed E-state index contributed by atoms with van der Waals surface area (Å²) >= 11 is 1.30. The first-order valence-corrected chi connectivity index (χ1v) is 11.9. The molecule has 2 N–H and O–H groups in total. The molecule has 0 atom stereocenters. The number of nitrogens with one attached hydrogen (secondary N) is 1. The van der Waals surface area contributed by atoms with Crippen LogP contribution in [0.15, 0.2) is 89.1 Å². The zero-order chi connectivity index (χ0) is 23.9. The van der Waals surface area contributed by atoms with E-state index in [1.165, 1.54) is 17.3 Å². The third-order valence-corrected chi connectivity index (χ3v) is 6.07. The second kappa shape index (κ2) is 10.8. The summed E-state index contributed by atoms with van der Waals surface area (Å²) in [4.78, 5) is 12.5. The molecule has 1 heterocycles. The number of benzene rings is 3. The summed E-state index contributed by atoms with van der Waals surface area (Å²) in [5.74, 6) is 0.795. The molecule has 172 valence electrons. The summed E-state index contributed by atoms with van der Waals surface area (Å²) in [5, 5.41) is 23.2. The second-order valence-corrected chi connectivity index (χ2v) is 8.57. The van der Waals surface area contributed by atoms with E-state index in [1.54, 1.807) is 24.3 Å². The Labute approximate surface area is 202 Å². The average Bonchev–Trinajstić information content (AvgIpc) is 3.29. The average molecular weight is 472 g/mol. The van der Waals surface area contributed by atoms with Gasteiger partial charge in [0.1, 0.15) is 5.75 Å². The van der Waals surface area contributed by atoms with E-state index < -0.39 is 0 Å². The maximum Gasteiger partial charge on any atom is 0.250 e. The molecule has 0 saturated heterocycles. The van der Waals surface area contributed by atoms with Crippen LogP contribution in [0.1, 0.15) is 24.5 Å². The number of thioether (sulfide) groups is 1. The van der Waals surface area contributed by atoms with Crippen LogP contribution in [-0.2, 0) is 4.79 Å². The molecule has 0 fully saturated rings. The van der Waals surface area contributed by atoms with Gasteiger partial charge in [-0.05, 0) is 55.3 Å². The Kier molecular flexibility index (Phi) is 7.39. The standard InChI is InChI=1S/C26H25N5O2S/c1-3-23(19-13-15-22(32)16-14-19)27-28-24(33)17-34-26-30-29-25(20-11-9-18(2)10-12-20)31(26)21-7-5-4-6-8-21/h4-16,32H,3,17H2,1-2H3,(H,28,33). The van der Waals surface area contributed by atoms with Crippen LogP contribution in [0.4, 0.5) is 0 Å². The number of rotatable bonds is 8. The first-order valence-electron chi connectivity index (χ1n) is 10.9. The second-order valence-electron chi connectivity index (χ2n) is 7.63. The highest BCUT2D eigenvalue weighted by Crippen LogP contribution is 2.28. The van der Waals surface area contributed by atoms with E-state index in [-0.39, 0.29) is 17.4 Å². The number of amides is 1. The fourth-order valence-corrected chi connectivity index (χ4v) is 4.10. The predicted molar refractivity (Wildman–Crippen MR) is 135 cm³/mol. The summed E-state index contributed by atoms with van der Waals surface area (Å²) in [5.41, 5.74) is 7.24. The van der Waals surface area contributed by atoms with E-state index in [4.69, 9.17) is 0 Å². The van der Waals surface area contributed by atoms with Gasteiger partial charge in [-0.15, -0.1) is 10.2 Å². The minimum Gasteiger partial charge on any atom is -0.508 e. The highest BCUT2D eigenvalue weighted by Gasteiger charge is 2.17. The molecule has 1 amide bonds. The van der Waals surface area contributed by atoms with Gasteiger partial charge in [0.25, 0.3) is 5.91 Å². The number of phenolic OH excluding ortho intramolecular Hbond substituents is 1. The molecule has 0 aliphatic carbocycles. The molecule has 8 heteroatoms. The zero-order valence-corrected chi connectivity index (χ0v) is 19.8. The van der Waals surface area contributed by atoms with Gasteiger partial charge in [-0.3, -0.25) is 9.36 Å². The molecule has 0 bridgehead atoms. The molecular weight excluding hydrogens is 446 g/mol.